The van der Waals surface area contributed by atoms with Crippen molar-refractivity contribution in [3.8, 4) is 0 Å². The second-order valence-corrected chi connectivity index (χ2v) is 6.02. The highest BCUT2D eigenvalue weighted by Crippen LogP contribution is 2.15. The molecule has 0 N–H and O–H groups in total. The molecule has 0 aromatic heterocycles. The lowest BCUT2D eigenvalue weighted by Gasteiger charge is -2.26. The van der Waals surface area contributed by atoms with Crippen molar-refractivity contribution in [3.05, 3.63) is 34.9 Å². The van der Waals surface area contributed by atoms with Gasteiger partial charge in [0.2, 0.25) is 0 Å². The fourth-order valence-corrected chi connectivity index (χ4v) is 2.91. The molecule has 1 aromatic carbocycles. The van der Waals surface area contributed by atoms with Gasteiger partial charge in [0.25, 0.3) is 0 Å². The molecular weight excluding hydrogens is 250 g/mol. The molecule has 1 atom stereocenters. The van der Waals surface area contributed by atoms with Crippen LogP contribution in [0.5, 0.6) is 0 Å². The van der Waals surface area contributed by atoms with E-state index in [-0.39, 0.29) is 5.78 Å². The van der Waals surface area contributed by atoms with Crippen molar-refractivity contribution in [1.82, 2.24) is 4.90 Å². The quantitative estimate of drug-likeness (QED) is 0.774. The van der Waals surface area contributed by atoms with Crippen LogP contribution in [-0.2, 0) is 4.74 Å². The van der Waals surface area contributed by atoms with Crippen LogP contribution in [0.2, 0.25) is 0 Å². The van der Waals surface area contributed by atoms with E-state index < -0.39 is 0 Å². The lowest BCUT2D eigenvalue weighted by Crippen LogP contribution is -2.34. The summed E-state index contributed by atoms with van der Waals surface area (Å²) < 4.78 is 5.49. The predicted octanol–water partition coefficient (Wildman–Crippen LogP) is 2.84. The van der Waals surface area contributed by atoms with E-state index >= 15 is 0 Å². The Bertz CT molecular complexity index is 464. The van der Waals surface area contributed by atoms with Crippen LogP contribution in [0.3, 0.4) is 0 Å². The molecular formula is C17H25NO2. The number of carbonyl (C=O) groups is 1. The maximum Gasteiger partial charge on any atom is 0.177 e. The number of nitrogens with zero attached hydrogens (tertiary/aromatic N) is 1. The smallest absolute Gasteiger partial charge is 0.177 e. The van der Waals surface area contributed by atoms with Crippen LogP contribution < -0.4 is 0 Å². The van der Waals surface area contributed by atoms with Gasteiger partial charge in [-0.1, -0.05) is 23.8 Å². The molecule has 1 saturated heterocycles. The van der Waals surface area contributed by atoms with Crippen molar-refractivity contribution in [2.45, 2.75) is 26.7 Å². The molecule has 20 heavy (non-hydrogen) atoms. The number of rotatable bonds is 5. The number of carbonyl (C=O) groups excluding carboxylic acids is 1. The van der Waals surface area contributed by atoms with Gasteiger partial charge < -0.3 is 4.74 Å². The third kappa shape index (κ3) is 4.15. The molecule has 1 fully saturated rings. The summed E-state index contributed by atoms with van der Waals surface area (Å²) in [6.45, 7) is 7.21. The van der Waals surface area contributed by atoms with Crippen LogP contribution in [0.4, 0.5) is 0 Å². The monoisotopic (exact) mass is 275 g/mol. The largest absolute Gasteiger partial charge is 0.381 e. The highest BCUT2D eigenvalue weighted by Gasteiger charge is 2.18. The molecule has 3 heteroatoms. The van der Waals surface area contributed by atoms with E-state index in [1.807, 2.05) is 26.1 Å². The SMILES string of the molecule is Cc1ccc(C(=O)CN(C)CC2CCCOC2)c(C)c1. The Morgan fingerprint density at radius 1 is 1.40 bits per heavy atom. The Balaban J connectivity index is 1.89. The zero-order chi connectivity index (χ0) is 14.5. The molecule has 0 spiro atoms. The highest BCUT2D eigenvalue weighted by atomic mass is 16.5. The summed E-state index contributed by atoms with van der Waals surface area (Å²) >= 11 is 0. The van der Waals surface area contributed by atoms with Gasteiger partial charge in [0, 0.05) is 18.7 Å². The van der Waals surface area contributed by atoms with Gasteiger partial charge >= 0.3 is 0 Å². The topological polar surface area (TPSA) is 29.5 Å². The number of aryl methyl sites for hydroxylation is 2. The van der Waals surface area contributed by atoms with Gasteiger partial charge in [-0.05, 0) is 45.2 Å². The number of benzene rings is 1. The number of Topliss-reactive ketones (excluding diaryl/α,β-unsaturated/α-hetero) is 1. The molecule has 1 unspecified atom stereocenters. The van der Waals surface area contributed by atoms with E-state index in [2.05, 4.69) is 17.9 Å². The summed E-state index contributed by atoms with van der Waals surface area (Å²) in [5.41, 5.74) is 3.12. The maximum atomic E-state index is 12.4. The van der Waals surface area contributed by atoms with Crippen molar-refractivity contribution >= 4 is 5.78 Å². The first-order valence-corrected chi connectivity index (χ1v) is 7.43. The van der Waals surface area contributed by atoms with Crippen molar-refractivity contribution in [2.24, 2.45) is 5.92 Å². The highest BCUT2D eigenvalue weighted by molar-refractivity contribution is 5.98. The number of hydrogen-bond donors (Lipinski definition) is 0. The van der Waals surface area contributed by atoms with Gasteiger partial charge in [0.1, 0.15) is 0 Å². The molecule has 0 aliphatic carbocycles. The molecule has 2 rings (SSSR count). The standard InChI is InChI=1S/C17H25NO2/c1-13-6-7-16(14(2)9-13)17(19)11-18(3)10-15-5-4-8-20-12-15/h6-7,9,15H,4-5,8,10-12H2,1-3H3. The first-order chi connectivity index (χ1) is 9.56. The van der Waals surface area contributed by atoms with Gasteiger partial charge in [-0.2, -0.15) is 0 Å². The minimum absolute atomic E-state index is 0.210. The molecule has 0 saturated carbocycles. The van der Waals surface area contributed by atoms with E-state index in [1.165, 1.54) is 12.0 Å². The third-order valence-electron chi connectivity index (χ3n) is 3.92. The number of ketones is 1. The summed E-state index contributed by atoms with van der Waals surface area (Å²) in [5, 5.41) is 0. The minimum Gasteiger partial charge on any atom is -0.381 e. The van der Waals surface area contributed by atoms with Crippen LogP contribution in [-0.4, -0.2) is 44.0 Å². The van der Waals surface area contributed by atoms with E-state index in [1.54, 1.807) is 0 Å². The Kier molecular flexibility index (Phi) is 5.32. The van der Waals surface area contributed by atoms with Crippen molar-refractivity contribution < 1.29 is 9.53 Å². The fourth-order valence-electron chi connectivity index (χ4n) is 2.91. The zero-order valence-corrected chi connectivity index (χ0v) is 12.8. The van der Waals surface area contributed by atoms with E-state index in [0.717, 1.165) is 37.3 Å². The Hall–Kier alpha value is -1.19. The Morgan fingerprint density at radius 3 is 2.85 bits per heavy atom. The number of hydrogen-bond acceptors (Lipinski definition) is 3. The molecule has 0 radical (unpaired) electrons. The van der Waals surface area contributed by atoms with Gasteiger partial charge in [0.05, 0.1) is 13.2 Å². The fraction of sp³-hybridized carbons (Fsp3) is 0.588. The summed E-state index contributed by atoms with van der Waals surface area (Å²) in [6, 6.07) is 6.03. The van der Waals surface area contributed by atoms with Gasteiger partial charge in [0.15, 0.2) is 5.78 Å². The molecule has 1 aromatic rings. The van der Waals surface area contributed by atoms with Gasteiger partial charge in [-0.3, -0.25) is 9.69 Å². The zero-order valence-electron chi connectivity index (χ0n) is 12.8. The molecule has 0 bridgehead atoms. The van der Waals surface area contributed by atoms with Crippen molar-refractivity contribution in [1.29, 1.82) is 0 Å². The second-order valence-electron chi connectivity index (χ2n) is 6.02. The first kappa shape index (κ1) is 15.2. The predicted molar refractivity (Wildman–Crippen MR) is 81.3 cm³/mol. The summed E-state index contributed by atoms with van der Waals surface area (Å²) in [7, 11) is 2.02. The number of ether oxygens (including phenoxy) is 1. The molecule has 110 valence electrons. The number of likely N-dealkylation sites (N-methyl/N-ethyl adjacent to an activating group) is 1. The summed E-state index contributed by atoms with van der Waals surface area (Å²) in [6.07, 6.45) is 2.35. The lowest BCUT2D eigenvalue weighted by atomic mass is 10.00. The van der Waals surface area contributed by atoms with Gasteiger partial charge in [-0.25, -0.2) is 0 Å². The van der Waals surface area contributed by atoms with Crippen LogP contribution >= 0.6 is 0 Å². The molecule has 1 heterocycles. The van der Waals surface area contributed by atoms with E-state index in [4.69, 9.17) is 4.74 Å². The minimum atomic E-state index is 0.210. The van der Waals surface area contributed by atoms with E-state index in [9.17, 15) is 4.79 Å². The van der Waals surface area contributed by atoms with Crippen LogP contribution in [0.15, 0.2) is 18.2 Å². The van der Waals surface area contributed by atoms with Crippen LogP contribution in [0.25, 0.3) is 0 Å². The summed E-state index contributed by atoms with van der Waals surface area (Å²) in [5.74, 6) is 0.780. The molecule has 1 aliphatic heterocycles. The van der Waals surface area contributed by atoms with E-state index in [0.29, 0.717) is 12.5 Å². The Morgan fingerprint density at radius 2 is 2.20 bits per heavy atom. The lowest BCUT2D eigenvalue weighted by molar-refractivity contribution is 0.0416. The van der Waals surface area contributed by atoms with Gasteiger partial charge in [-0.15, -0.1) is 0 Å². The average molecular weight is 275 g/mol. The van der Waals surface area contributed by atoms with Crippen molar-refractivity contribution in [3.63, 3.8) is 0 Å². The molecule has 0 amide bonds. The summed E-state index contributed by atoms with van der Waals surface area (Å²) in [4.78, 5) is 14.5. The van der Waals surface area contributed by atoms with Crippen molar-refractivity contribution in [2.75, 3.05) is 33.4 Å². The first-order valence-electron chi connectivity index (χ1n) is 7.43. The normalized spacial score (nSPS) is 19.3. The van der Waals surface area contributed by atoms with Crippen LogP contribution in [0, 0.1) is 19.8 Å². The second kappa shape index (κ2) is 7.00. The average Bonchev–Trinajstić information content (AvgIpc) is 2.39. The third-order valence-corrected chi connectivity index (χ3v) is 3.92. The van der Waals surface area contributed by atoms with Crippen LogP contribution in [0.1, 0.15) is 34.3 Å². The molecule has 3 nitrogen and oxygen atoms in total. The molecule has 1 aliphatic rings. The Labute approximate surface area is 121 Å². The maximum absolute atomic E-state index is 12.4.